The van der Waals surface area contributed by atoms with Gasteiger partial charge in [-0.3, -0.25) is 14.6 Å². The van der Waals surface area contributed by atoms with Gasteiger partial charge in [0.2, 0.25) is 0 Å². The molecular weight excluding hydrogens is 338 g/mol. The van der Waals surface area contributed by atoms with E-state index in [1.165, 1.54) is 24.0 Å². The summed E-state index contributed by atoms with van der Waals surface area (Å²) in [6, 6.07) is 12.7. The van der Waals surface area contributed by atoms with E-state index in [0.29, 0.717) is 18.3 Å². The molecule has 3 heterocycles. The third kappa shape index (κ3) is 4.09. The Hall–Kier alpha value is -2.11. The van der Waals surface area contributed by atoms with Crippen molar-refractivity contribution >= 4 is 5.91 Å². The highest BCUT2D eigenvalue weighted by atomic mass is 16.4. The van der Waals surface area contributed by atoms with E-state index >= 15 is 0 Å². The van der Waals surface area contributed by atoms with Gasteiger partial charge >= 0.3 is 0 Å². The molecule has 1 aromatic heterocycles. The van der Waals surface area contributed by atoms with Gasteiger partial charge < -0.3 is 9.32 Å². The normalized spacial score (nSPS) is 20.6. The Bertz CT molecular complexity index is 794. The van der Waals surface area contributed by atoms with Gasteiger partial charge in [-0.1, -0.05) is 24.3 Å². The van der Waals surface area contributed by atoms with E-state index in [1.807, 2.05) is 19.2 Å². The molecule has 4 rings (SSSR count). The van der Waals surface area contributed by atoms with Crippen molar-refractivity contribution in [3.05, 3.63) is 59.0 Å². The second kappa shape index (κ2) is 7.87. The highest BCUT2D eigenvalue weighted by Gasteiger charge is 2.27. The fourth-order valence-electron chi connectivity index (χ4n) is 4.25. The predicted octanol–water partition coefficient (Wildman–Crippen LogP) is 3.00. The van der Waals surface area contributed by atoms with Gasteiger partial charge in [0.15, 0.2) is 5.76 Å². The fourth-order valence-corrected chi connectivity index (χ4v) is 4.25. The lowest BCUT2D eigenvalue weighted by atomic mass is 9.94. The monoisotopic (exact) mass is 367 g/mol. The topological polar surface area (TPSA) is 39.9 Å². The van der Waals surface area contributed by atoms with Crippen LogP contribution in [0.1, 0.15) is 40.3 Å². The summed E-state index contributed by atoms with van der Waals surface area (Å²) in [6.45, 7) is 4.69. The molecule has 27 heavy (non-hydrogen) atoms. The zero-order chi connectivity index (χ0) is 18.8. The highest BCUT2D eigenvalue weighted by molar-refractivity contribution is 5.91. The van der Waals surface area contributed by atoms with Crippen LogP contribution in [-0.2, 0) is 19.5 Å². The minimum Gasteiger partial charge on any atom is -0.455 e. The molecule has 0 radical (unpaired) electrons. The molecule has 2 aliphatic rings. The molecule has 1 atom stereocenters. The average molecular weight is 367 g/mol. The SMILES string of the molecule is CN(C[C@H]1Cc2ccccc2CN1C)C(=O)c1ccc(CN2CCCC2)o1. The number of likely N-dealkylation sites (tertiary alicyclic amines) is 1. The van der Waals surface area contributed by atoms with Crippen LogP contribution in [0.2, 0.25) is 0 Å². The van der Waals surface area contributed by atoms with Gasteiger partial charge in [-0.05, 0) is 62.7 Å². The van der Waals surface area contributed by atoms with E-state index in [2.05, 4.69) is 41.1 Å². The number of carbonyl (C=O) groups is 1. The highest BCUT2D eigenvalue weighted by Crippen LogP contribution is 2.23. The van der Waals surface area contributed by atoms with Crippen LogP contribution in [0.4, 0.5) is 0 Å². The molecule has 0 unspecified atom stereocenters. The Morgan fingerprint density at radius 1 is 1.15 bits per heavy atom. The van der Waals surface area contributed by atoms with E-state index in [9.17, 15) is 4.79 Å². The van der Waals surface area contributed by atoms with Crippen LogP contribution in [0, 0.1) is 0 Å². The zero-order valence-electron chi connectivity index (χ0n) is 16.4. The molecule has 144 valence electrons. The largest absolute Gasteiger partial charge is 0.455 e. The maximum Gasteiger partial charge on any atom is 0.289 e. The van der Waals surface area contributed by atoms with Gasteiger partial charge in [0, 0.05) is 26.2 Å². The third-order valence-electron chi connectivity index (χ3n) is 5.90. The Balaban J connectivity index is 1.37. The number of fused-ring (bicyclic) bond motifs is 1. The number of benzene rings is 1. The van der Waals surface area contributed by atoms with Crippen molar-refractivity contribution in [2.24, 2.45) is 0 Å². The predicted molar refractivity (Wildman–Crippen MR) is 106 cm³/mol. The Morgan fingerprint density at radius 2 is 1.89 bits per heavy atom. The molecular formula is C22H29N3O2. The van der Waals surface area contributed by atoms with Crippen molar-refractivity contribution < 1.29 is 9.21 Å². The van der Waals surface area contributed by atoms with Crippen molar-refractivity contribution in [1.82, 2.24) is 14.7 Å². The van der Waals surface area contributed by atoms with Crippen LogP contribution >= 0.6 is 0 Å². The number of hydrogen-bond acceptors (Lipinski definition) is 4. The average Bonchev–Trinajstić information content (AvgIpc) is 3.34. The van der Waals surface area contributed by atoms with Gasteiger partial charge in [0.25, 0.3) is 5.91 Å². The van der Waals surface area contributed by atoms with Gasteiger partial charge in [-0.15, -0.1) is 0 Å². The van der Waals surface area contributed by atoms with Crippen LogP contribution in [-0.4, -0.2) is 60.4 Å². The van der Waals surface area contributed by atoms with Crippen LogP contribution in [0.25, 0.3) is 0 Å². The number of nitrogens with zero attached hydrogens (tertiary/aromatic N) is 3. The molecule has 0 saturated carbocycles. The third-order valence-corrected chi connectivity index (χ3v) is 5.90. The standard InChI is InChI=1S/C22H29N3O2/c1-23-14-18-8-4-3-7-17(18)13-19(23)15-24(2)22(26)21-10-9-20(27-21)16-25-11-5-6-12-25/h3-4,7-10,19H,5-6,11-16H2,1-2H3/t19-/m1/s1. The van der Waals surface area contributed by atoms with Crippen LogP contribution < -0.4 is 0 Å². The summed E-state index contributed by atoms with van der Waals surface area (Å²) in [7, 11) is 4.01. The molecule has 1 aromatic carbocycles. The Kier molecular flexibility index (Phi) is 5.32. The summed E-state index contributed by atoms with van der Waals surface area (Å²) < 4.78 is 5.85. The molecule has 1 fully saturated rings. The molecule has 1 saturated heterocycles. The van der Waals surface area contributed by atoms with Crippen LogP contribution in [0.3, 0.4) is 0 Å². The molecule has 0 spiro atoms. The first-order valence-electron chi connectivity index (χ1n) is 9.93. The summed E-state index contributed by atoms with van der Waals surface area (Å²) in [5.74, 6) is 1.30. The lowest BCUT2D eigenvalue weighted by Crippen LogP contribution is -2.46. The lowest BCUT2D eigenvalue weighted by molar-refractivity contribution is 0.0699. The molecule has 5 nitrogen and oxygen atoms in total. The van der Waals surface area contributed by atoms with E-state index in [4.69, 9.17) is 4.42 Å². The molecule has 2 aliphatic heterocycles. The second-order valence-electron chi connectivity index (χ2n) is 7.98. The molecule has 0 bridgehead atoms. The molecule has 0 aliphatic carbocycles. The Morgan fingerprint density at radius 3 is 2.67 bits per heavy atom. The van der Waals surface area contributed by atoms with Crippen molar-refractivity contribution in [2.75, 3.05) is 33.7 Å². The van der Waals surface area contributed by atoms with Crippen molar-refractivity contribution in [1.29, 1.82) is 0 Å². The van der Waals surface area contributed by atoms with Crippen molar-refractivity contribution in [3.8, 4) is 0 Å². The van der Waals surface area contributed by atoms with Gasteiger partial charge in [0.1, 0.15) is 5.76 Å². The van der Waals surface area contributed by atoms with Gasteiger partial charge in [-0.25, -0.2) is 0 Å². The van der Waals surface area contributed by atoms with Gasteiger partial charge in [-0.2, -0.15) is 0 Å². The summed E-state index contributed by atoms with van der Waals surface area (Å²) in [5, 5.41) is 0. The quantitative estimate of drug-likeness (QED) is 0.815. The van der Waals surface area contributed by atoms with Crippen molar-refractivity contribution in [2.45, 2.75) is 38.4 Å². The first-order valence-corrected chi connectivity index (χ1v) is 9.93. The number of carbonyl (C=O) groups excluding carboxylic acids is 1. The molecule has 2 aromatic rings. The van der Waals surface area contributed by atoms with E-state index in [0.717, 1.165) is 38.4 Å². The molecule has 1 amide bonds. The maximum absolute atomic E-state index is 12.8. The number of hydrogen-bond donors (Lipinski definition) is 0. The summed E-state index contributed by atoms with van der Waals surface area (Å²) >= 11 is 0. The first kappa shape index (κ1) is 18.3. The van der Waals surface area contributed by atoms with E-state index < -0.39 is 0 Å². The lowest BCUT2D eigenvalue weighted by Gasteiger charge is -2.36. The van der Waals surface area contributed by atoms with E-state index in [1.54, 1.807) is 4.90 Å². The zero-order valence-corrected chi connectivity index (χ0v) is 16.4. The van der Waals surface area contributed by atoms with E-state index in [-0.39, 0.29) is 5.91 Å². The number of likely N-dealkylation sites (N-methyl/N-ethyl adjacent to an activating group) is 2. The minimum absolute atomic E-state index is 0.0325. The first-order chi connectivity index (χ1) is 13.1. The molecule has 0 N–H and O–H groups in total. The number of amides is 1. The summed E-state index contributed by atoms with van der Waals surface area (Å²) in [5.41, 5.74) is 2.79. The number of furan rings is 1. The Labute approximate surface area is 161 Å². The van der Waals surface area contributed by atoms with Crippen LogP contribution in [0.15, 0.2) is 40.8 Å². The summed E-state index contributed by atoms with van der Waals surface area (Å²) in [4.78, 5) is 19.3. The summed E-state index contributed by atoms with van der Waals surface area (Å²) in [6.07, 6.45) is 3.49. The number of rotatable bonds is 5. The smallest absolute Gasteiger partial charge is 0.289 e. The maximum atomic E-state index is 12.8. The van der Waals surface area contributed by atoms with Crippen molar-refractivity contribution in [3.63, 3.8) is 0 Å². The fraction of sp³-hybridized carbons (Fsp3) is 0.500. The minimum atomic E-state index is -0.0325. The molecule has 5 heteroatoms. The second-order valence-corrected chi connectivity index (χ2v) is 7.98. The van der Waals surface area contributed by atoms with Crippen LogP contribution in [0.5, 0.6) is 0 Å². The van der Waals surface area contributed by atoms with Gasteiger partial charge in [0.05, 0.1) is 6.54 Å².